The summed E-state index contributed by atoms with van der Waals surface area (Å²) in [4.78, 5) is 26.6. The van der Waals surface area contributed by atoms with Crippen LogP contribution in [0.25, 0.3) is 0 Å². The first-order valence-electron chi connectivity index (χ1n) is 8.66. The Hall–Kier alpha value is -2.87. The number of aromatic nitrogens is 2. The van der Waals surface area contributed by atoms with Crippen LogP contribution in [0.3, 0.4) is 0 Å². The van der Waals surface area contributed by atoms with Crippen LogP contribution in [0.2, 0.25) is 0 Å². The van der Waals surface area contributed by atoms with Crippen molar-refractivity contribution >= 4 is 23.2 Å². The molecule has 0 bridgehead atoms. The number of benzene rings is 1. The zero-order chi connectivity index (χ0) is 18.1. The summed E-state index contributed by atoms with van der Waals surface area (Å²) in [5.41, 5.74) is 0.560. The highest BCUT2D eigenvalue weighted by Gasteiger charge is 2.42. The van der Waals surface area contributed by atoms with E-state index in [1.807, 2.05) is 12.3 Å². The highest BCUT2D eigenvalue weighted by Crippen LogP contribution is 2.35. The second-order valence-corrected chi connectivity index (χ2v) is 6.61. The van der Waals surface area contributed by atoms with E-state index in [1.165, 1.54) is 0 Å². The molecule has 1 saturated heterocycles. The minimum Gasteiger partial charge on any atom is -0.482 e. The first kappa shape index (κ1) is 16.6. The van der Waals surface area contributed by atoms with Crippen molar-refractivity contribution in [3.63, 3.8) is 0 Å². The second kappa shape index (κ2) is 6.45. The molecule has 2 amide bonds. The second-order valence-electron chi connectivity index (χ2n) is 6.61. The number of nitrogens with zero attached hydrogens (tertiary/aromatic N) is 3. The van der Waals surface area contributed by atoms with Gasteiger partial charge in [-0.2, -0.15) is 5.10 Å². The number of carbonyl (C=O) groups excluding carboxylic acids is 2. The van der Waals surface area contributed by atoms with Gasteiger partial charge in [-0.1, -0.05) is 0 Å². The average Bonchev–Trinajstić information content (AvgIpc) is 3.21. The van der Waals surface area contributed by atoms with Crippen LogP contribution in [0, 0.1) is 0 Å². The smallest absolute Gasteiger partial charge is 0.264 e. The zero-order valence-electron chi connectivity index (χ0n) is 14.6. The summed E-state index contributed by atoms with van der Waals surface area (Å²) in [7, 11) is 1.70. The normalized spacial score (nSPS) is 18.8. The Kier molecular flexibility index (Phi) is 4.12. The Morgan fingerprint density at radius 1 is 1.35 bits per heavy atom. The largest absolute Gasteiger partial charge is 0.482 e. The lowest BCUT2D eigenvalue weighted by atomic mass is 9.87. The van der Waals surface area contributed by atoms with Gasteiger partial charge in [0, 0.05) is 25.1 Å². The third-order valence-electron chi connectivity index (χ3n) is 5.10. The van der Waals surface area contributed by atoms with Crippen LogP contribution < -0.4 is 20.3 Å². The van der Waals surface area contributed by atoms with Crippen LogP contribution in [-0.4, -0.2) is 48.3 Å². The topological polar surface area (TPSA) is 88.5 Å². The van der Waals surface area contributed by atoms with Crippen molar-refractivity contribution in [3.8, 4) is 5.75 Å². The van der Waals surface area contributed by atoms with Gasteiger partial charge in [0.1, 0.15) is 11.3 Å². The third kappa shape index (κ3) is 2.72. The monoisotopic (exact) mass is 355 g/mol. The van der Waals surface area contributed by atoms with Crippen molar-refractivity contribution < 1.29 is 14.3 Å². The van der Waals surface area contributed by atoms with E-state index >= 15 is 0 Å². The molecule has 1 aromatic heterocycles. The van der Waals surface area contributed by atoms with Crippen LogP contribution in [0.1, 0.15) is 12.8 Å². The Balaban J connectivity index is 1.62. The van der Waals surface area contributed by atoms with E-state index in [2.05, 4.69) is 15.7 Å². The SMILES string of the molecule is CN1C(=O)COc2ccc(NC(=O)C3(n4cccn4)CCNCC3)cc21. The summed E-state index contributed by atoms with van der Waals surface area (Å²) in [6, 6.07) is 7.16. The number of likely N-dealkylation sites (N-methyl/N-ethyl adjacent to an activating group) is 1. The first-order chi connectivity index (χ1) is 12.6. The standard InChI is InChI=1S/C18H21N5O3/c1-22-14-11-13(3-4-15(14)26-12-16(22)24)21-17(25)18(5-8-19-9-6-18)23-10-2-7-20-23/h2-4,7,10-11,19H,5-6,8-9,12H2,1H3,(H,21,25). The van der Waals surface area contributed by atoms with Crippen molar-refractivity contribution in [2.75, 3.05) is 37.0 Å². The molecule has 0 radical (unpaired) electrons. The fourth-order valence-corrected chi connectivity index (χ4v) is 3.52. The number of hydrogen-bond acceptors (Lipinski definition) is 5. The number of piperidine rings is 1. The van der Waals surface area contributed by atoms with Crippen molar-refractivity contribution in [2.45, 2.75) is 18.4 Å². The fraction of sp³-hybridized carbons (Fsp3) is 0.389. The molecule has 2 aliphatic rings. The maximum atomic E-state index is 13.2. The Morgan fingerprint density at radius 2 is 2.15 bits per heavy atom. The number of fused-ring (bicyclic) bond motifs is 1. The van der Waals surface area contributed by atoms with Gasteiger partial charge in [0.05, 0.1) is 5.69 Å². The Bertz CT molecular complexity index is 827. The molecule has 2 aromatic rings. The molecule has 26 heavy (non-hydrogen) atoms. The van der Waals surface area contributed by atoms with E-state index in [9.17, 15) is 9.59 Å². The van der Waals surface area contributed by atoms with Gasteiger partial charge in [-0.05, 0) is 50.2 Å². The lowest BCUT2D eigenvalue weighted by Gasteiger charge is -2.36. The molecular weight excluding hydrogens is 334 g/mol. The number of anilines is 2. The Morgan fingerprint density at radius 3 is 2.88 bits per heavy atom. The van der Waals surface area contributed by atoms with Crippen LogP contribution in [0.15, 0.2) is 36.7 Å². The van der Waals surface area contributed by atoms with Gasteiger partial charge in [-0.15, -0.1) is 0 Å². The number of carbonyl (C=O) groups is 2. The highest BCUT2D eigenvalue weighted by molar-refractivity contribution is 6.00. The van der Waals surface area contributed by atoms with Gasteiger partial charge in [0.25, 0.3) is 11.8 Å². The average molecular weight is 355 g/mol. The van der Waals surface area contributed by atoms with Gasteiger partial charge >= 0.3 is 0 Å². The van der Waals surface area contributed by atoms with Gasteiger partial charge < -0.3 is 20.3 Å². The molecule has 0 atom stereocenters. The fourth-order valence-electron chi connectivity index (χ4n) is 3.52. The third-order valence-corrected chi connectivity index (χ3v) is 5.10. The number of amides is 2. The van der Waals surface area contributed by atoms with Crippen molar-refractivity contribution in [3.05, 3.63) is 36.7 Å². The Labute approximate surface area is 151 Å². The van der Waals surface area contributed by atoms with E-state index in [1.54, 1.807) is 41.0 Å². The molecule has 136 valence electrons. The highest BCUT2D eigenvalue weighted by atomic mass is 16.5. The van der Waals surface area contributed by atoms with E-state index in [0.29, 0.717) is 30.0 Å². The van der Waals surface area contributed by atoms with Crippen LogP contribution in [0.4, 0.5) is 11.4 Å². The molecule has 2 aliphatic heterocycles. The van der Waals surface area contributed by atoms with Gasteiger partial charge in [0.2, 0.25) is 0 Å². The lowest BCUT2D eigenvalue weighted by Crippen LogP contribution is -2.52. The molecule has 4 rings (SSSR count). The quantitative estimate of drug-likeness (QED) is 0.856. The van der Waals surface area contributed by atoms with Crippen molar-refractivity contribution in [2.24, 2.45) is 0 Å². The molecule has 0 unspecified atom stereocenters. The molecule has 0 spiro atoms. The van der Waals surface area contributed by atoms with Crippen LogP contribution >= 0.6 is 0 Å². The molecule has 8 heteroatoms. The van der Waals surface area contributed by atoms with Crippen molar-refractivity contribution in [1.82, 2.24) is 15.1 Å². The number of ether oxygens (including phenoxy) is 1. The summed E-state index contributed by atoms with van der Waals surface area (Å²) >= 11 is 0. The minimum atomic E-state index is -0.719. The number of hydrogen-bond donors (Lipinski definition) is 2. The molecular formula is C18H21N5O3. The van der Waals surface area contributed by atoms with Crippen LogP contribution in [0.5, 0.6) is 5.75 Å². The van der Waals surface area contributed by atoms with Crippen LogP contribution in [-0.2, 0) is 15.1 Å². The summed E-state index contributed by atoms with van der Waals surface area (Å²) in [6.07, 6.45) is 4.84. The maximum Gasteiger partial charge on any atom is 0.264 e. The van der Waals surface area contributed by atoms with E-state index < -0.39 is 5.54 Å². The predicted octanol–water partition coefficient (Wildman–Crippen LogP) is 0.956. The molecule has 3 heterocycles. The van der Waals surface area contributed by atoms with E-state index in [-0.39, 0.29) is 18.4 Å². The molecule has 8 nitrogen and oxygen atoms in total. The molecule has 1 aromatic carbocycles. The summed E-state index contributed by atoms with van der Waals surface area (Å²) < 4.78 is 7.19. The summed E-state index contributed by atoms with van der Waals surface area (Å²) in [5.74, 6) is 0.412. The summed E-state index contributed by atoms with van der Waals surface area (Å²) in [5, 5.41) is 10.6. The zero-order valence-corrected chi connectivity index (χ0v) is 14.6. The van der Waals surface area contributed by atoms with Gasteiger partial charge in [0.15, 0.2) is 6.61 Å². The lowest BCUT2D eigenvalue weighted by molar-refractivity contribution is -0.126. The molecule has 0 saturated carbocycles. The molecule has 2 N–H and O–H groups in total. The maximum absolute atomic E-state index is 13.2. The molecule has 0 aliphatic carbocycles. The van der Waals surface area contributed by atoms with E-state index in [0.717, 1.165) is 13.1 Å². The molecule has 1 fully saturated rings. The van der Waals surface area contributed by atoms with Crippen molar-refractivity contribution in [1.29, 1.82) is 0 Å². The van der Waals surface area contributed by atoms with Gasteiger partial charge in [-0.25, -0.2) is 0 Å². The van der Waals surface area contributed by atoms with E-state index in [4.69, 9.17) is 4.74 Å². The first-order valence-corrected chi connectivity index (χ1v) is 8.66. The minimum absolute atomic E-state index is 0.0324. The number of nitrogens with one attached hydrogen (secondary N) is 2. The van der Waals surface area contributed by atoms with Gasteiger partial charge in [-0.3, -0.25) is 14.3 Å². The number of rotatable bonds is 3. The predicted molar refractivity (Wildman–Crippen MR) is 96.3 cm³/mol. The summed E-state index contributed by atoms with van der Waals surface area (Å²) in [6.45, 7) is 1.54.